The van der Waals surface area contributed by atoms with Gasteiger partial charge in [-0.15, -0.1) is 0 Å². The van der Waals surface area contributed by atoms with Crippen molar-refractivity contribution in [1.29, 1.82) is 0 Å². The number of carboxylic acids is 1. The first-order valence-corrected chi connectivity index (χ1v) is 7.18. The number of aromatic carboxylic acids is 1. The van der Waals surface area contributed by atoms with Crippen molar-refractivity contribution in [2.75, 3.05) is 0 Å². The molecule has 0 spiro atoms. The fourth-order valence-corrected chi connectivity index (χ4v) is 2.27. The van der Waals surface area contributed by atoms with Crippen LogP contribution in [0, 0.1) is 0 Å². The first kappa shape index (κ1) is 14.8. The lowest BCUT2D eigenvalue weighted by molar-refractivity contribution is 0.0692. The number of rotatable bonds is 5. The van der Waals surface area contributed by atoms with Crippen molar-refractivity contribution in [3.8, 4) is 16.9 Å². The van der Waals surface area contributed by atoms with Gasteiger partial charge in [-0.3, -0.25) is 4.98 Å². The second kappa shape index (κ2) is 6.75. The molecule has 114 valence electrons. The minimum absolute atomic E-state index is 0.141. The van der Waals surface area contributed by atoms with Gasteiger partial charge in [0.05, 0.1) is 0 Å². The number of benzene rings is 2. The highest BCUT2D eigenvalue weighted by atomic mass is 16.5. The second-order valence-electron chi connectivity index (χ2n) is 5.03. The average molecular weight is 305 g/mol. The van der Waals surface area contributed by atoms with Crippen molar-refractivity contribution in [1.82, 2.24) is 4.98 Å². The Balaban J connectivity index is 1.87. The van der Waals surface area contributed by atoms with E-state index in [2.05, 4.69) is 4.98 Å². The van der Waals surface area contributed by atoms with E-state index in [1.807, 2.05) is 48.5 Å². The number of carboxylic acid groups (broad SMARTS) is 1. The van der Waals surface area contributed by atoms with E-state index in [9.17, 15) is 9.90 Å². The molecule has 0 unspecified atom stereocenters. The van der Waals surface area contributed by atoms with Crippen LogP contribution in [-0.4, -0.2) is 16.1 Å². The third-order valence-corrected chi connectivity index (χ3v) is 3.44. The Kier molecular flexibility index (Phi) is 4.34. The molecular formula is C19H15NO3. The van der Waals surface area contributed by atoms with E-state index in [1.54, 1.807) is 24.5 Å². The zero-order valence-electron chi connectivity index (χ0n) is 12.3. The van der Waals surface area contributed by atoms with Crippen LogP contribution < -0.4 is 4.74 Å². The zero-order chi connectivity index (χ0) is 16.1. The molecule has 23 heavy (non-hydrogen) atoms. The summed E-state index contributed by atoms with van der Waals surface area (Å²) in [5.41, 5.74) is 2.79. The standard InChI is InChI=1S/C19H15NO3/c21-19(22)17-11-15(16-7-4-10-20-12-16)8-9-18(17)23-13-14-5-2-1-3-6-14/h1-12H,13H2,(H,21,22). The summed E-state index contributed by atoms with van der Waals surface area (Å²) in [6.07, 6.45) is 3.38. The quantitative estimate of drug-likeness (QED) is 0.773. The van der Waals surface area contributed by atoms with Crippen molar-refractivity contribution in [3.05, 3.63) is 84.2 Å². The first-order chi connectivity index (χ1) is 11.2. The summed E-state index contributed by atoms with van der Waals surface area (Å²) in [6.45, 7) is 0.327. The van der Waals surface area contributed by atoms with Crippen molar-refractivity contribution < 1.29 is 14.6 Å². The van der Waals surface area contributed by atoms with Crippen molar-refractivity contribution >= 4 is 5.97 Å². The van der Waals surface area contributed by atoms with Crippen molar-refractivity contribution in [2.45, 2.75) is 6.61 Å². The minimum Gasteiger partial charge on any atom is -0.488 e. The van der Waals surface area contributed by atoms with Gasteiger partial charge in [-0.2, -0.15) is 0 Å². The average Bonchev–Trinajstić information content (AvgIpc) is 2.61. The van der Waals surface area contributed by atoms with Crippen LogP contribution in [0.15, 0.2) is 73.1 Å². The third-order valence-electron chi connectivity index (χ3n) is 3.44. The van der Waals surface area contributed by atoms with E-state index in [0.717, 1.165) is 16.7 Å². The Bertz CT molecular complexity index is 801. The molecule has 1 heterocycles. The molecule has 0 radical (unpaired) electrons. The summed E-state index contributed by atoms with van der Waals surface area (Å²) >= 11 is 0. The highest BCUT2D eigenvalue weighted by molar-refractivity contribution is 5.92. The number of aromatic nitrogens is 1. The van der Waals surface area contributed by atoms with Gasteiger partial charge in [0.1, 0.15) is 17.9 Å². The molecule has 0 amide bonds. The molecule has 1 N–H and O–H groups in total. The van der Waals surface area contributed by atoms with Gasteiger partial charge >= 0.3 is 5.97 Å². The van der Waals surface area contributed by atoms with Crippen LogP contribution in [0.5, 0.6) is 5.75 Å². The largest absolute Gasteiger partial charge is 0.488 e. The summed E-state index contributed by atoms with van der Waals surface area (Å²) < 4.78 is 5.68. The molecule has 4 nitrogen and oxygen atoms in total. The lowest BCUT2D eigenvalue weighted by Crippen LogP contribution is -2.03. The lowest BCUT2D eigenvalue weighted by atomic mass is 10.0. The molecule has 3 rings (SSSR count). The summed E-state index contributed by atoms with van der Waals surface area (Å²) in [5.74, 6) is -0.659. The Morgan fingerprint density at radius 2 is 1.83 bits per heavy atom. The monoisotopic (exact) mass is 305 g/mol. The Morgan fingerprint density at radius 3 is 2.52 bits per heavy atom. The lowest BCUT2D eigenvalue weighted by Gasteiger charge is -2.11. The molecule has 0 bridgehead atoms. The Labute approximate surface area is 134 Å². The highest BCUT2D eigenvalue weighted by Crippen LogP contribution is 2.27. The summed E-state index contributed by atoms with van der Waals surface area (Å²) in [5, 5.41) is 9.44. The fourth-order valence-electron chi connectivity index (χ4n) is 2.27. The third kappa shape index (κ3) is 3.55. The van der Waals surface area contributed by atoms with E-state index < -0.39 is 5.97 Å². The maximum Gasteiger partial charge on any atom is 0.339 e. The van der Waals surface area contributed by atoms with Crippen LogP contribution in [0.25, 0.3) is 11.1 Å². The van der Waals surface area contributed by atoms with E-state index in [0.29, 0.717) is 12.4 Å². The van der Waals surface area contributed by atoms with Crippen molar-refractivity contribution in [3.63, 3.8) is 0 Å². The van der Waals surface area contributed by atoms with Gasteiger partial charge in [-0.05, 0) is 29.3 Å². The van der Waals surface area contributed by atoms with Crippen LogP contribution >= 0.6 is 0 Å². The van der Waals surface area contributed by atoms with Crippen molar-refractivity contribution in [2.24, 2.45) is 0 Å². The number of carbonyl (C=O) groups is 1. The molecule has 0 aliphatic heterocycles. The predicted octanol–water partition coefficient (Wildman–Crippen LogP) is 4.03. The number of hydrogen-bond acceptors (Lipinski definition) is 3. The number of nitrogens with zero attached hydrogens (tertiary/aromatic N) is 1. The van der Waals surface area contributed by atoms with Crippen LogP contribution in [0.2, 0.25) is 0 Å². The van der Waals surface area contributed by atoms with Gasteiger partial charge in [0, 0.05) is 18.0 Å². The predicted molar refractivity (Wildman–Crippen MR) is 87.4 cm³/mol. The summed E-state index contributed by atoms with van der Waals surface area (Å²) in [7, 11) is 0. The second-order valence-corrected chi connectivity index (χ2v) is 5.03. The van der Waals surface area contributed by atoms with E-state index in [-0.39, 0.29) is 5.56 Å². The molecular weight excluding hydrogens is 290 g/mol. The van der Waals surface area contributed by atoms with Gasteiger partial charge in [-0.25, -0.2) is 4.79 Å². The fraction of sp³-hybridized carbons (Fsp3) is 0.0526. The topological polar surface area (TPSA) is 59.4 Å². The normalized spacial score (nSPS) is 10.3. The molecule has 2 aromatic carbocycles. The molecule has 1 aromatic heterocycles. The van der Waals surface area contributed by atoms with E-state index in [4.69, 9.17) is 4.74 Å². The molecule has 0 saturated heterocycles. The molecule has 3 aromatic rings. The van der Waals surface area contributed by atoms with Crippen LogP contribution in [0.4, 0.5) is 0 Å². The van der Waals surface area contributed by atoms with Gasteiger partial charge in [0.25, 0.3) is 0 Å². The SMILES string of the molecule is O=C(O)c1cc(-c2cccnc2)ccc1OCc1ccccc1. The van der Waals surface area contributed by atoms with Gasteiger partial charge in [0.2, 0.25) is 0 Å². The number of pyridine rings is 1. The molecule has 0 fully saturated rings. The van der Waals surface area contributed by atoms with Crippen LogP contribution in [0.1, 0.15) is 15.9 Å². The van der Waals surface area contributed by atoms with Gasteiger partial charge < -0.3 is 9.84 Å². The molecule has 4 heteroatoms. The highest BCUT2D eigenvalue weighted by Gasteiger charge is 2.13. The number of hydrogen-bond donors (Lipinski definition) is 1. The molecule has 0 aliphatic carbocycles. The first-order valence-electron chi connectivity index (χ1n) is 7.18. The molecule has 0 saturated carbocycles. The van der Waals surface area contributed by atoms with Gasteiger partial charge in [0.15, 0.2) is 0 Å². The molecule has 0 aliphatic rings. The zero-order valence-corrected chi connectivity index (χ0v) is 12.3. The summed E-state index contributed by atoms with van der Waals surface area (Å²) in [4.78, 5) is 15.6. The molecule has 0 atom stereocenters. The van der Waals surface area contributed by atoms with E-state index in [1.165, 1.54) is 0 Å². The van der Waals surface area contributed by atoms with E-state index >= 15 is 0 Å². The van der Waals surface area contributed by atoms with Crippen LogP contribution in [0.3, 0.4) is 0 Å². The Morgan fingerprint density at radius 1 is 1.00 bits per heavy atom. The summed E-state index contributed by atoms with van der Waals surface area (Å²) in [6, 6.07) is 18.5. The van der Waals surface area contributed by atoms with Gasteiger partial charge in [-0.1, -0.05) is 42.5 Å². The maximum atomic E-state index is 11.5. The smallest absolute Gasteiger partial charge is 0.339 e. The number of ether oxygens (including phenoxy) is 1. The maximum absolute atomic E-state index is 11.5. The minimum atomic E-state index is -1.01. The van der Waals surface area contributed by atoms with Crippen LogP contribution in [-0.2, 0) is 6.61 Å². The Hall–Kier alpha value is -3.14.